The number of H-pyrrole nitrogens is 1. The minimum absolute atomic E-state index is 0.155. The highest BCUT2D eigenvalue weighted by atomic mass is 16.5. The zero-order chi connectivity index (χ0) is 13.7. The van der Waals surface area contributed by atoms with Crippen LogP contribution in [-0.2, 0) is 0 Å². The third-order valence-electron chi connectivity index (χ3n) is 4.44. The number of nitrogens with one attached hydrogen (secondary N) is 1. The van der Waals surface area contributed by atoms with Gasteiger partial charge in [0.15, 0.2) is 11.5 Å². The highest BCUT2D eigenvalue weighted by molar-refractivity contribution is 5.80. The van der Waals surface area contributed by atoms with E-state index in [4.69, 9.17) is 4.74 Å². The van der Waals surface area contributed by atoms with Crippen LogP contribution in [-0.4, -0.2) is 35.5 Å². The number of anilines is 1. The Labute approximate surface area is 117 Å². The predicted molar refractivity (Wildman–Crippen MR) is 76.4 cm³/mol. The predicted octanol–water partition coefficient (Wildman–Crippen LogP) is 2.49. The maximum Gasteiger partial charge on any atom is 0.161 e. The van der Waals surface area contributed by atoms with Gasteiger partial charge in [0.25, 0.3) is 0 Å². The molecule has 1 fully saturated rings. The van der Waals surface area contributed by atoms with Crippen LogP contribution in [0.3, 0.4) is 0 Å². The number of piperidine rings is 1. The summed E-state index contributed by atoms with van der Waals surface area (Å²) in [6, 6.07) is 5.39. The molecule has 1 aromatic heterocycles. The van der Waals surface area contributed by atoms with E-state index in [0.717, 1.165) is 24.3 Å². The van der Waals surface area contributed by atoms with Gasteiger partial charge in [0.05, 0.1) is 18.5 Å². The number of methoxy groups -OCH3 is 1. The van der Waals surface area contributed by atoms with Crippen molar-refractivity contribution in [3.05, 3.63) is 23.9 Å². The van der Waals surface area contributed by atoms with E-state index in [1.807, 2.05) is 12.1 Å². The molecule has 2 aromatic rings. The Morgan fingerprint density at radius 3 is 2.90 bits per heavy atom. The monoisotopic (exact) mass is 271 g/mol. The molecule has 5 nitrogen and oxygen atoms in total. The fraction of sp³-hybridized carbons (Fsp3) is 0.400. The second-order valence-electron chi connectivity index (χ2n) is 5.48. The maximum atomic E-state index is 9.71. The number of fused-ring (bicyclic) bond motifs is 2. The largest absolute Gasteiger partial charge is 0.504 e. The lowest BCUT2D eigenvalue weighted by Crippen LogP contribution is -2.38. The zero-order valence-electron chi connectivity index (χ0n) is 11.4. The first-order valence-electron chi connectivity index (χ1n) is 6.98. The highest BCUT2D eigenvalue weighted by Crippen LogP contribution is 2.46. The number of hydrogen-bond donors (Lipinski definition) is 2. The van der Waals surface area contributed by atoms with Gasteiger partial charge in [-0.25, -0.2) is 0 Å². The molecule has 5 heteroatoms. The van der Waals surface area contributed by atoms with Crippen LogP contribution in [0.2, 0.25) is 0 Å². The summed E-state index contributed by atoms with van der Waals surface area (Å²) in [5, 5.41) is 17.4. The van der Waals surface area contributed by atoms with Gasteiger partial charge in [-0.15, -0.1) is 0 Å². The number of hydrogen-bond acceptors (Lipinski definition) is 4. The van der Waals surface area contributed by atoms with Crippen molar-refractivity contribution in [1.29, 1.82) is 0 Å². The smallest absolute Gasteiger partial charge is 0.161 e. The summed E-state index contributed by atoms with van der Waals surface area (Å²) < 4.78 is 5.19. The Kier molecular flexibility index (Phi) is 2.42. The molecule has 4 heterocycles. The second kappa shape index (κ2) is 4.16. The molecule has 3 aliphatic rings. The summed E-state index contributed by atoms with van der Waals surface area (Å²) in [4.78, 5) is 2.41. The molecular weight excluding hydrogens is 254 g/mol. The number of aromatic nitrogens is 2. The minimum Gasteiger partial charge on any atom is -0.504 e. The highest BCUT2D eigenvalue weighted by Gasteiger charge is 2.35. The quantitative estimate of drug-likeness (QED) is 0.881. The number of ether oxygens (including phenoxy) is 1. The molecule has 0 aliphatic carbocycles. The topological polar surface area (TPSA) is 61.4 Å². The number of rotatable bonds is 2. The molecule has 0 radical (unpaired) electrons. The number of aromatic hydroxyl groups is 1. The Balaban J connectivity index is 1.84. The van der Waals surface area contributed by atoms with Crippen LogP contribution in [0.5, 0.6) is 11.5 Å². The summed E-state index contributed by atoms with van der Waals surface area (Å²) in [6.07, 6.45) is 2.43. The van der Waals surface area contributed by atoms with Crippen LogP contribution in [0, 0.1) is 0 Å². The number of phenolic OH excluding ortho intramolecular Hbond substituents is 1. The summed E-state index contributed by atoms with van der Waals surface area (Å²) >= 11 is 0. The maximum absolute atomic E-state index is 9.71. The first kappa shape index (κ1) is 11.6. The van der Waals surface area contributed by atoms with Gasteiger partial charge in [-0.3, -0.25) is 5.10 Å². The molecule has 20 heavy (non-hydrogen) atoms. The molecule has 104 valence electrons. The van der Waals surface area contributed by atoms with E-state index < -0.39 is 0 Å². The van der Waals surface area contributed by atoms with Crippen molar-refractivity contribution in [1.82, 2.24) is 10.2 Å². The SMILES string of the molecule is COc1cc(-c2n[nH]c3c2N2CCC3CC2)ccc1O. The Bertz CT molecular complexity index is 657. The van der Waals surface area contributed by atoms with Crippen LogP contribution < -0.4 is 9.64 Å². The van der Waals surface area contributed by atoms with Gasteiger partial charge in [-0.2, -0.15) is 5.10 Å². The number of nitrogens with zero attached hydrogens (tertiary/aromatic N) is 2. The van der Waals surface area contributed by atoms with E-state index in [9.17, 15) is 5.11 Å². The molecule has 3 aliphatic heterocycles. The standard InChI is InChI=1S/C15H17N3O2/c1-20-12-8-10(2-3-11(12)19)14-15-13(16-17-14)9-4-6-18(15)7-5-9/h2-3,8-9,19H,4-7H2,1H3,(H,16,17). The lowest BCUT2D eigenvalue weighted by Gasteiger charge is -2.40. The average molecular weight is 271 g/mol. The van der Waals surface area contributed by atoms with Gasteiger partial charge < -0.3 is 14.7 Å². The van der Waals surface area contributed by atoms with Crippen molar-refractivity contribution in [3.63, 3.8) is 0 Å². The molecule has 0 unspecified atom stereocenters. The fourth-order valence-corrected chi connectivity index (χ4v) is 3.37. The van der Waals surface area contributed by atoms with E-state index in [1.165, 1.54) is 24.2 Å². The molecule has 0 atom stereocenters. The minimum atomic E-state index is 0.155. The van der Waals surface area contributed by atoms with Crippen molar-refractivity contribution in [2.24, 2.45) is 0 Å². The Morgan fingerprint density at radius 2 is 2.15 bits per heavy atom. The third kappa shape index (κ3) is 1.52. The van der Waals surface area contributed by atoms with E-state index in [2.05, 4.69) is 15.1 Å². The van der Waals surface area contributed by atoms with Crippen molar-refractivity contribution in [2.75, 3.05) is 25.1 Å². The fourth-order valence-electron chi connectivity index (χ4n) is 3.37. The molecule has 2 bridgehead atoms. The number of phenols is 1. The number of benzene rings is 1. The van der Waals surface area contributed by atoms with E-state index in [-0.39, 0.29) is 5.75 Å². The molecule has 1 saturated heterocycles. The van der Waals surface area contributed by atoms with Gasteiger partial charge >= 0.3 is 0 Å². The average Bonchev–Trinajstić information content (AvgIpc) is 2.96. The van der Waals surface area contributed by atoms with Gasteiger partial charge in [0.2, 0.25) is 0 Å². The first-order chi connectivity index (χ1) is 9.78. The molecule has 0 amide bonds. The second-order valence-corrected chi connectivity index (χ2v) is 5.48. The van der Waals surface area contributed by atoms with Crippen LogP contribution in [0.4, 0.5) is 5.69 Å². The molecule has 0 spiro atoms. The summed E-state index contributed by atoms with van der Waals surface area (Å²) in [7, 11) is 1.56. The van der Waals surface area contributed by atoms with Crippen molar-refractivity contribution in [2.45, 2.75) is 18.8 Å². The first-order valence-corrected chi connectivity index (χ1v) is 6.98. The van der Waals surface area contributed by atoms with Gasteiger partial charge in [-0.1, -0.05) is 0 Å². The zero-order valence-corrected chi connectivity index (χ0v) is 11.4. The van der Waals surface area contributed by atoms with Crippen LogP contribution in [0.1, 0.15) is 24.5 Å². The molecular formula is C15H17N3O2. The van der Waals surface area contributed by atoms with E-state index in [0.29, 0.717) is 11.7 Å². The van der Waals surface area contributed by atoms with Gasteiger partial charge in [-0.05, 0) is 31.0 Å². The Hall–Kier alpha value is -2.17. The summed E-state index contributed by atoms with van der Waals surface area (Å²) in [5.74, 6) is 1.26. The lowest BCUT2D eigenvalue weighted by atomic mass is 9.86. The van der Waals surface area contributed by atoms with Crippen molar-refractivity contribution >= 4 is 5.69 Å². The molecule has 5 rings (SSSR count). The van der Waals surface area contributed by atoms with Crippen LogP contribution >= 0.6 is 0 Å². The van der Waals surface area contributed by atoms with E-state index in [1.54, 1.807) is 13.2 Å². The van der Waals surface area contributed by atoms with Crippen molar-refractivity contribution < 1.29 is 9.84 Å². The van der Waals surface area contributed by atoms with Gasteiger partial charge in [0, 0.05) is 24.6 Å². The van der Waals surface area contributed by atoms with Crippen molar-refractivity contribution in [3.8, 4) is 22.8 Å². The van der Waals surface area contributed by atoms with Crippen LogP contribution in [0.15, 0.2) is 18.2 Å². The molecule has 1 aromatic carbocycles. The molecule has 0 saturated carbocycles. The normalized spacial score (nSPS) is 17.4. The molecule has 2 N–H and O–H groups in total. The van der Waals surface area contributed by atoms with E-state index >= 15 is 0 Å². The van der Waals surface area contributed by atoms with Crippen LogP contribution in [0.25, 0.3) is 11.3 Å². The lowest BCUT2D eigenvalue weighted by molar-refractivity contribution is 0.373. The summed E-state index contributed by atoms with van der Waals surface area (Å²) in [5.41, 5.74) is 4.44. The third-order valence-corrected chi connectivity index (χ3v) is 4.44. The Morgan fingerprint density at radius 1 is 1.35 bits per heavy atom. The number of aromatic amines is 1. The summed E-state index contributed by atoms with van der Waals surface area (Å²) in [6.45, 7) is 2.22. The van der Waals surface area contributed by atoms with Gasteiger partial charge in [0.1, 0.15) is 5.69 Å².